The first-order valence-corrected chi connectivity index (χ1v) is 6.63. The molecule has 0 aromatic heterocycles. The number of carbonyl (C=O) groups is 1. The predicted octanol–water partition coefficient (Wildman–Crippen LogP) is 2.75. The molecule has 17 heavy (non-hydrogen) atoms. The van der Waals surface area contributed by atoms with E-state index in [2.05, 4.69) is 21.2 Å². The molecule has 0 saturated carbocycles. The number of nitrogens with two attached hydrogens (primary N) is 1. The first kappa shape index (κ1) is 14.2. The van der Waals surface area contributed by atoms with Gasteiger partial charge < -0.3 is 11.1 Å². The molecule has 2 unspecified atom stereocenters. The lowest BCUT2D eigenvalue weighted by molar-refractivity contribution is -0.122. The summed E-state index contributed by atoms with van der Waals surface area (Å²) >= 11 is 3.48. The second kappa shape index (κ2) is 6.77. The average molecular weight is 299 g/mol. The summed E-state index contributed by atoms with van der Waals surface area (Å²) < 4.78 is 1.01. The lowest BCUT2D eigenvalue weighted by Crippen LogP contribution is -2.32. The molecule has 1 amide bonds. The van der Waals surface area contributed by atoms with E-state index in [1.165, 1.54) is 0 Å². The lowest BCUT2D eigenvalue weighted by Gasteiger charge is -2.17. The number of amides is 1. The topological polar surface area (TPSA) is 55.1 Å². The fourth-order valence-electron chi connectivity index (χ4n) is 1.59. The molecule has 3 nitrogen and oxygen atoms in total. The minimum Gasteiger partial charge on any atom is -0.349 e. The molecular weight excluding hydrogens is 280 g/mol. The first-order chi connectivity index (χ1) is 8.04. The van der Waals surface area contributed by atoms with Crippen LogP contribution >= 0.6 is 15.9 Å². The number of hydrogen-bond acceptors (Lipinski definition) is 2. The highest BCUT2D eigenvalue weighted by molar-refractivity contribution is 9.10. The van der Waals surface area contributed by atoms with Gasteiger partial charge in [0.05, 0.1) is 6.04 Å². The third kappa shape index (κ3) is 4.48. The second-order valence-electron chi connectivity index (χ2n) is 4.18. The molecule has 3 N–H and O–H groups in total. The van der Waals surface area contributed by atoms with Gasteiger partial charge in [0.2, 0.25) is 5.91 Å². The van der Waals surface area contributed by atoms with Crippen LogP contribution in [-0.4, -0.2) is 11.9 Å². The zero-order chi connectivity index (χ0) is 12.8. The van der Waals surface area contributed by atoms with Crippen LogP contribution in [0.15, 0.2) is 28.7 Å². The molecule has 1 aromatic rings. The molecule has 2 atom stereocenters. The maximum Gasteiger partial charge on any atom is 0.222 e. The van der Waals surface area contributed by atoms with Gasteiger partial charge in [-0.2, -0.15) is 0 Å². The Balaban J connectivity index is 2.58. The van der Waals surface area contributed by atoms with E-state index < -0.39 is 0 Å². The number of carbonyl (C=O) groups excluding carboxylic acids is 1. The molecule has 0 spiro atoms. The van der Waals surface area contributed by atoms with Crippen molar-refractivity contribution in [2.45, 2.75) is 38.8 Å². The monoisotopic (exact) mass is 298 g/mol. The summed E-state index contributed by atoms with van der Waals surface area (Å²) in [5.74, 6) is 0.00241. The fourth-order valence-corrected chi connectivity index (χ4v) is 2.22. The molecule has 0 aliphatic heterocycles. The Morgan fingerprint density at radius 3 is 2.71 bits per heavy atom. The molecule has 0 heterocycles. The van der Waals surface area contributed by atoms with Crippen molar-refractivity contribution in [2.75, 3.05) is 0 Å². The van der Waals surface area contributed by atoms with E-state index >= 15 is 0 Å². The summed E-state index contributed by atoms with van der Waals surface area (Å²) in [6, 6.07) is 7.81. The van der Waals surface area contributed by atoms with Crippen LogP contribution in [0.2, 0.25) is 0 Å². The van der Waals surface area contributed by atoms with Crippen molar-refractivity contribution in [2.24, 2.45) is 5.73 Å². The first-order valence-electron chi connectivity index (χ1n) is 5.84. The van der Waals surface area contributed by atoms with E-state index in [9.17, 15) is 4.79 Å². The normalized spacial score (nSPS) is 14.1. The number of hydrogen-bond donors (Lipinski definition) is 2. The molecule has 4 heteroatoms. The van der Waals surface area contributed by atoms with Gasteiger partial charge in [-0.15, -0.1) is 0 Å². The minimum absolute atomic E-state index is 0.00241. The minimum atomic E-state index is -0.0542. The SMILES string of the molecule is CCC(N)CC(=O)NC(C)c1ccccc1Br. The Labute approximate surface area is 111 Å². The van der Waals surface area contributed by atoms with Gasteiger partial charge in [-0.1, -0.05) is 41.1 Å². The van der Waals surface area contributed by atoms with Gasteiger partial charge in [0, 0.05) is 16.9 Å². The fraction of sp³-hybridized carbons (Fsp3) is 0.462. The van der Waals surface area contributed by atoms with Gasteiger partial charge in [-0.3, -0.25) is 4.79 Å². The van der Waals surface area contributed by atoms with Gasteiger partial charge in [-0.05, 0) is 25.0 Å². The zero-order valence-electron chi connectivity index (χ0n) is 10.2. The molecule has 1 rings (SSSR count). The zero-order valence-corrected chi connectivity index (χ0v) is 11.8. The highest BCUT2D eigenvalue weighted by Gasteiger charge is 2.13. The van der Waals surface area contributed by atoms with E-state index in [0.717, 1.165) is 16.5 Å². The summed E-state index contributed by atoms with van der Waals surface area (Å²) in [5, 5.41) is 2.95. The highest BCUT2D eigenvalue weighted by Crippen LogP contribution is 2.22. The van der Waals surface area contributed by atoms with Crippen LogP contribution in [0, 0.1) is 0 Å². The number of rotatable bonds is 5. The lowest BCUT2D eigenvalue weighted by atomic mass is 10.1. The maximum atomic E-state index is 11.7. The number of halogens is 1. The van der Waals surface area contributed by atoms with Crippen LogP contribution in [0.3, 0.4) is 0 Å². The summed E-state index contributed by atoms with van der Waals surface area (Å²) in [4.78, 5) is 11.7. The van der Waals surface area contributed by atoms with Gasteiger partial charge in [-0.25, -0.2) is 0 Å². The molecule has 1 aromatic carbocycles. The van der Waals surface area contributed by atoms with Gasteiger partial charge in [0.15, 0.2) is 0 Å². The molecule has 0 fully saturated rings. The molecule has 0 aliphatic rings. The summed E-state index contributed by atoms with van der Waals surface area (Å²) in [6.07, 6.45) is 1.20. The Bertz CT molecular complexity index is 381. The van der Waals surface area contributed by atoms with Crippen molar-refractivity contribution >= 4 is 21.8 Å². The van der Waals surface area contributed by atoms with Crippen molar-refractivity contribution in [1.29, 1.82) is 0 Å². The largest absolute Gasteiger partial charge is 0.349 e. The summed E-state index contributed by atoms with van der Waals surface area (Å²) in [5.41, 5.74) is 6.82. The Hall–Kier alpha value is -0.870. The van der Waals surface area contributed by atoms with Crippen molar-refractivity contribution in [1.82, 2.24) is 5.32 Å². The van der Waals surface area contributed by atoms with Crippen molar-refractivity contribution < 1.29 is 4.79 Å². The molecular formula is C13H19BrN2O. The van der Waals surface area contributed by atoms with E-state index in [1.807, 2.05) is 38.1 Å². The van der Waals surface area contributed by atoms with Crippen LogP contribution < -0.4 is 11.1 Å². The van der Waals surface area contributed by atoms with Gasteiger partial charge in [0.1, 0.15) is 0 Å². The van der Waals surface area contributed by atoms with E-state index in [4.69, 9.17) is 5.73 Å². The predicted molar refractivity (Wildman–Crippen MR) is 73.6 cm³/mol. The molecule has 94 valence electrons. The molecule has 0 radical (unpaired) electrons. The quantitative estimate of drug-likeness (QED) is 0.878. The summed E-state index contributed by atoms with van der Waals surface area (Å²) in [7, 11) is 0. The highest BCUT2D eigenvalue weighted by atomic mass is 79.9. The third-order valence-corrected chi connectivity index (χ3v) is 3.44. The van der Waals surface area contributed by atoms with Crippen molar-refractivity contribution in [3.05, 3.63) is 34.3 Å². The Morgan fingerprint density at radius 1 is 1.47 bits per heavy atom. The molecule has 0 bridgehead atoms. The van der Waals surface area contributed by atoms with E-state index in [1.54, 1.807) is 0 Å². The van der Waals surface area contributed by atoms with Crippen LogP contribution in [0.4, 0.5) is 0 Å². The van der Waals surface area contributed by atoms with Gasteiger partial charge in [0.25, 0.3) is 0 Å². The number of benzene rings is 1. The van der Waals surface area contributed by atoms with Crippen molar-refractivity contribution in [3.63, 3.8) is 0 Å². The van der Waals surface area contributed by atoms with E-state index in [0.29, 0.717) is 6.42 Å². The van der Waals surface area contributed by atoms with Gasteiger partial charge >= 0.3 is 0 Å². The standard InChI is InChI=1S/C13H19BrN2O/c1-3-10(15)8-13(17)16-9(2)11-6-4-5-7-12(11)14/h4-7,9-10H,3,8,15H2,1-2H3,(H,16,17). The smallest absolute Gasteiger partial charge is 0.222 e. The average Bonchev–Trinajstić information content (AvgIpc) is 2.29. The van der Waals surface area contributed by atoms with Crippen LogP contribution in [0.25, 0.3) is 0 Å². The van der Waals surface area contributed by atoms with Crippen molar-refractivity contribution in [3.8, 4) is 0 Å². The summed E-state index contributed by atoms with van der Waals surface area (Å²) in [6.45, 7) is 3.95. The number of nitrogens with one attached hydrogen (secondary N) is 1. The third-order valence-electron chi connectivity index (χ3n) is 2.72. The second-order valence-corrected chi connectivity index (χ2v) is 5.04. The van der Waals surface area contributed by atoms with E-state index in [-0.39, 0.29) is 18.0 Å². The molecule has 0 aliphatic carbocycles. The van der Waals surface area contributed by atoms with Crippen LogP contribution in [-0.2, 0) is 4.79 Å². The van der Waals surface area contributed by atoms with Crippen LogP contribution in [0.1, 0.15) is 38.3 Å². The Kier molecular flexibility index (Phi) is 5.65. The maximum absolute atomic E-state index is 11.7. The molecule has 0 saturated heterocycles. The van der Waals surface area contributed by atoms with Crippen LogP contribution in [0.5, 0.6) is 0 Å². The Morgan fingerprint density at radius 2 is 2.12 bits per heavy atom.